The number of aromatic nitrogens is 1. The number of amides is 1. The average molecular weight is 545 g/mol. The van der Waals surface area contributed by atoms with Crippen LogP contribution in [-0.2, 0) is 16.6 Å². The normalized spacial score (nSPS) is 16.3. The molecule has 1 N–H and O–H groups in total. The van der Waals surface area contributed by atoms with Gasteiger partial charge in [0.25, 0.3) is 15.9 Å². The Kier molecular flexibility index (Phi) is 7.54. The molecular weight excluding hydrogens is 512 g/mol. The molecule has 0 aliphatic carbocycles. The number of fused-ring (bicyclic) bond motifs is 1. The highest BCUT2D eigenvalue weighted by Gasteiger charge is 2.29. The second-order valence-corrected chi connectivity index (χ2v) is 11.5. The number of hydrogen-bond donors (Lipinski definition) is 1. The molecule has 9 heteroatoms. The molecule has 0 spiro atoms. The number of anilines is 1. The van der Waals surface area contributed by atoms with Crippen molar-refractivity contribution in [2.45, 2.75) is 31.3 Å². The number of benzene rings is 3. The van der Waals surface area contributed by atoms with E-state index in [0.717, 1.165) is 41.9 Å². The van der Waals surface area contributed by atoms with Gasteiger partial charge in [0.15, 0.2) is 0 Å². The van der Waals surface area contributed by atoms with Gasteiger partial charge >= 0.3 is 0 Å². The van der Waals surface area contributed by atoms with Crippen molar-refractivity contribution in [3.8, 4) is 5.75 Å². The molecule has 1 atom stereocenters. The number of aryl methyl sites for hydroxylation is 1. The molecule has 0 radical (unpaired) electrons. The Balaban J connectivity index is 1.24. The summed E-state index contributed by atoms with van der Waals surface area (Å²) in [6.45, 7) is 6.97. The number of nitrogens with zero attached hydrogens (tertiary/aromatic N) is 3. The van der Waals surface area contributed by atoms with Crippen LogP contribution in [0.4, 0.5) is 5.69 Å². The van der Waals surface area contributed by atoms with Gasteiger partial charge in [-0.05, 0) is 55.8 Å². The summed E-state index contributed by atoms with van der Waals surface area (Å²) >= 11 is 0. The first-order valence-electron chi connectivity index (χ1n) is 12.9. The van der Waals surface area contributed by atoms with Gasteiger partial charge in [-0.3, -0.25) is 19.4 Å². The van der Waals surface area contributed by atoms with Gasteiger partial charge in [-0.25, -0.2) is 8.42 Å². The summed E-state index contributed by atoms with van der Waals surface area (Å²) in [7, 11) is -2.17. The molecule has 0 saturated carbocycles. The largest absolute Gasteiger partial charge is 0.496 e. The summed E-state index contributed by atoms with van der Waals surface area (Å²) in [5, 5.41) is 0.744. The van der Waals surface area contributed by atoms with Crippen molar-refractivity contribution in [1.29, 1.82) is 0 Å². The number of carbonyl (C=O) groups is 1. The Hall–Kier alpha value is -3.95. The predicted octanol–water partition coefficient (Wildman–Crippen LogP) is 4.70. The van der Waals surface area contributed by atoms with Crippen LogP contribution in [0, 0.1) is 6.92 Å². The maximum atomic E-state index is 13.3. The minimum absolute atomic E-state index is 0.0269. The molecule has 0 bridgehead atoms. The van der Waals surface area contributed by atoms with Gasteiger partial charge in [-0.1, -0.05) is 36.4 Å². The van der Waals surface area contributed by atoms with E-state index in [0.29, 0.717) is 23.3 Å². The minimum Gasteiger partial charge on any atom is -0.496 e. The summed E-state index contributed by atoms with van der Waals surface area (Å²) in [4.78, 5) is 21.9. The van der Waals surface area contributed by atoms with Gasteiger partial charge in [0, 0.05) is 60.6 Å². The summed E-state index contributed by atoms with van der Waals surface area (Å²) < 4.78 is 34.4. The third kappa shape index (κ3) is 5.60. The second-order valence-electron chi connectivity index (χ2n) is 9.86. The Morgan fingerprint density at radius 3 is 2.51 bits per heavy atom. The maximum absolute atomic E-state index is 13.3. The average Bonchev–Trinajstić information content (AvgIpc) is 2.93. The molecule has 1 fully saturated rings. The van der Waals surface area contributed by atoms with E-state index in [1.54, 1.807) is 49.7 Å². The van der Waals surface area contributed by atoms with Crippen LogP contribution in [-0.4, -0.2) is 61.9 Å². The lowest BCUT2D eigenvalue weighted by atomic mass is 10.1. The highest BCUT2D eigenvalue weighted by Crippen LogP contribution is 2.26. The van der Waals surface area contributed by atoms with Crippen molar-refractivity contribution in [3.63, 3.8) is 0 Å². The molecule has 3 aromatic carbocycles. The number of para-hydroxylation sites is 2. The van der Waals surface area contributed by atoms with E-state index in [1.165, 1.54) is 6.07 Å². The fourth-order valence-corrected chi connectivity index (χ4v) is 6.44. The number of ether oxygens (including phenoxy) is 1. The molecular formula is C30H32N4O4S. The lowest BCUT2D eigenvalue weighted by Gasteiger charge is -2.40. The van der Waals surface area contributed by atoms with E-state index in [4.69, 9.17) is 4.74 Å². The molecule has 1 aliphatic heterocycles. The zero-order chi connectivity index (χ0) is 27.6. The fraction of sp³-hybridized carbons (Fsp3) is 0.267. The van der Waals surface area contributed by atoms with Crippen molar-refractivity contribution in [1.82, 2.24) is 14.8 Å². The molecule has 0 unspecified atom stereocenters. The molecule has 1 amide bonds. The Morgan fingerprint density at radius 2 is 1.77 bits per heavy atom. The van der Waals surface area contributed by atoms with Gasteiger partial charge in [0.1, 0.15) is 10.6 Å². The maximum Gasteiger partial charge on any atom is 0.264 e. The van der Waals surface area contributed by atoms with Crippen molar-refractivity contribution in [3.05, 3.63) is 95.7 Å². The fourth-order valence-electron chi connectivity index (χ4n) is 5.20. The summed E-state index contributed by atoms with van der Waals surface area (Å²) in [5.74, 6) is 0.846. The van der Waals surface area contributed by atoms with Crippen LogP contribution in [0.25, 0.3) is 10.9 Å². The SMILES string of the molecule is COc1c(C)cccc1CN1CCN(C(=O)c2ccc(NS(=O)(=O)c3cccc4cccnc34)cc2)[C@@H](C)C1. The van der Waals surface area contributed by atoms with Gasteiger partial charge in [0.2, 0.25) is 0 Å². The van der Waals surface area contributed by atoms with Crippen molar-refractivity contribution in [2.75, 3.05) is 31.5 Å². The van der Waals surface area contributed by atoms with Crippen molar-refractivity contribution >= 4 is 32.5 Å². The first-order valence-corrected chi connectivity index (χ1v) is 14.4. The van der Waals surface area contributed by atoms with Crippen LogP contribution in [0.15, 0.2) is 83.9 Å². The molecule has 5 rings (SSSR count). The first kappa shape index (κ1) is 26.6. The summed E-state index contributed by atoms with van der Waals surface area (Å²) in [6, 6.07) is 21.4. The van der Waals surface area contributed by atoms with Crippen LogP contribution in [0.2, 0.25) is 0 Å². The number of sulfonamides is 1. The van der Waals surface area contributed by atoms with Gasteiger partial charge in [-0.15, -0.1) is 0 Å². The van der Waals surface area contributed by atoms with Crippen molar-refractivity contribution in [2.24, 2.45) is 0 Å². The van der Waals surface area contributed by atoms with E-state index in [2.05, 4.69) is 27.6 Å². The third-order valence-electron chi connectivity index (χ3n) is 7.13. The zero-order valence-electron chi connectivity index (χ0n) is 22.3. The topological polar surface area (TPSA) is 91.8 Å². The van der Waals surface area contributed by atoms with E-state index in [1.807, 2.05) is 36.1 Å². The Morgan fingerprint density at radius 1 is 1.03 bits per heavy atom. The van der Waals surface area contributed by atoms with E-state index >= 15 is 0 Å². The minimum atomic E-state index is -3.86. The van der Waals surface area contributed by atoms with Gasteiger partial charge < -0.3 is 9.64 Å². The number of piperazine rings is 1. The summed E-state index contributed by atoms with van der Waals surface area (Å²) in [6.07, 6.45) is 1.57. The van der Waals surface area contributed by atoms with E-state index in [9.17, 15) is 13.2 Å². The predicted molar refractivity (Wildman–Crippen MR) is 152 cm³/mol. The van der Waals surface area contributed by atoms with Crippen LogP contribution >= 0.6 is 0 Å². The number of carbonyl (C=O) groups excluding carboxylic acids is 1. The third-order valence-corrected chi connectivity index (χ3v) is 8.55. The molecule has 202 valence electrons. The smallest absolute Gasteiger partial charge is 0.264 e. The molecule has 8 nitrogen and oxygen atoms in total. The molecule has 1 aliphatic rings. The number of hydrogen-bond acceptors (Lipinski definition) is 6. The highest BCUT2D eigenvalue weighted by molar-refractivity contribution is 7.93. The number of methoxy groups -OCH3 is 1. The van der Waals surface area contributed by atoms with Crippen molar-refractivity contribution < 1.29 is 17.9 Å². The first-order chi connectivity index (χ1) is 18.8. The van der Waals surface area contributed by atoms with Crippen LogP contribution in [0.1, 0.15) is 28.4 Å². The van der Waals surface area contributed by atoms with E-state index in [-0.39, 0.29) is 16.8 Å². The number of pyridine rings is 1. The zero-order valence-corrected chi connectivity index (χ0v) is 23.1. The van der Waals surface area contributed by atoms with Crippen LogP contribution in [0.3, 0.4) is 0 Å². The Labute approximate surface area is 229 Å². The molecule has 2 heterocycles. The Bertz CT molecular complexity index is 1600. The summed E-state index contributed by atoms with van der Waals surface area (Å²) in [5.41, 5.74) is 3.56. The monoisotopic (exact) mass is 544 g/mol. The van der Waals surface area contributed by atoms with Gasteiger partial charge in [0.05, 0.1) is 12.6 Å². The lowest BCUT2D eigenvalue weighted by Crippen LogP contribution is -2.53. The van der Waals surface area contributed by atoms with E-state index < -0.39 is 10.0 Å². The van der Waals surface area contributed by atoms with Crippen LogP contribution < -0.4 is 9.46 Å². The highest BCUT2D eigenvalue weighted by atomic mass is 32.2. The van der Waals surface area contributed by atoms with Gasteiger partial charge in [-0.2, -0.15) is 0 Å². The second kappa shape index (κ2) is 11.0. The molecule has 4 aromatic rings. The molecule has 1 saturated heterocycles. The quantitative estimate of drug-likeness (QED) is 0.363. The number of rotatable bonds is 7. The standard InChI is InChI=1S/C30H32N4O4S/c1-21-7-4-9-25(29(21)38-3)20-33-17-18-34(22(2)19-33)30(35)24-12-14-26(15-13-24)32-39(36,37)27-11-5-8-23-10-6-16-31-28(23)27/h4-16,22,32H,17-20H2,1-3H3/t22-/m0/s1. The van der Waals surface area contributed by atoms with Crippen LogP contribution in [0.5, 0.6) is 5.75 Å². The molecule has 1 aromatic heterocycles. The molecule has 39 heavy (non-hydrogen) atoms. The lowest BCUT2D eigenvalue weighted by molar-refractivity contribution is 0.0474. The number of nitrogens with one attached hydrogen (secondary N) is 1.